The predicted molar refractivity (Wildman–Crippen MR) is 203 cm³/mol. The number of alkyl carbamates (subject to hydrolysis) is 1. The van der Waals surface area contributed by atoms with Crippen LogP contribution in [0.3, 0.4) is 0 Å². The lowest BCUT2D eigenvalue weighted by atomic mass is 9.83. The monoisotopic (exact) mass is 804 g/mol. The van der Waals surface area contributed by atoms with Crippen LogP contribution in [0, 0.1) is 16.7 Å². The molecule has 56 heavy (non-hydrogen) atoms. The molecule has 2 aromatic rings. The molecule has 5 atom stereocenters. The Hall–Kier alpha value is -4.05. The van der Waals surface area contributed by atoms with Gasteiger partial charge in [-0.3, -0.25) is 19.1 Å². The lowest BCUT2D eigenvalue weighted by Crippen LogP contribution is -2.60. The number of carbonyl (C=O) groups excluding carboxylic acids is 4. The standard InChI is InChI=1S/C40H54F2N4O9S/c1-37(2,3)31-34(48)46-22-39(54-7,21-29(46)33(47)44-40(20-28(40)32(41)42)35(49)45-56(51,52)27-12-13-27)26-11-10-23-19-30(53-6)24(17-25(23)18-26)9-8-14-38(4,5)15-16-55-36(50)43-31/h10-11,17-19,27-29,31-32H,8-9,12-16,20-22H2,1-7H3,(H,43,50)(H,44,47)(H,45,49)/t28-,29-,31+,39-,40+/m0/s1. The Morgan fingerprint density at radius 3 is 2.36 bits per heavy atom. The van der Waals surface area contributed by atoms with Crippen LogP contribution in [0.2, 0.25) is 0 Å². The molecule has 0 spiro atoms. The molecule has 0 radical (unpaired) electrons. The summed E-state index contributed by atoms with van der Waals surface area (Å²) in [6.07, 6.45) is -0.871. The summed E-state index contributed by atoms with van der Waals surface area (Å²) >= 11 is 0. The van der Waals surface area contributed by atoms with Crippen molar-refractivity contribution in [2.24, 2.45) is 16.7 Å². The number of nitrogens with zero attached hydrogens (tertiary/aromatic N) is 1. The van der Waals surface area contributed by atoms with Crippen LogP contribution >= 0.6 is 0 Å². The smallest absolute Gasteiger partial charge is 0.407 e. The number of sulfonamides is 1. The third-order valence-corrected chi connectivity index (χ3v) is 13.8. The van der Waals surface area contributed by atoms with Crippen molar-refractivity contribution >= 4 is 44.6 Å². The molecule has 2 aromatic carbocycles. The van der Waals surface area contributed by atoms with Crippen LogP contribution in [0.4, 0.5) is 13.6 Å². The molecule has 16 heteroatoms. The van der Waals surface area contributed by atoms with Crippen molar-refractivity contribution in [1.29, 1.82) is 0 Å². The molecule has 2 heterocycles. The number of ether oxygens (including phenoxy) is 3. The molecule has 2 saturated carbocycles. The first kappa shape index (κ1) is 41.6. The topological polar surface area (TPSA) is 169 Å². The van der Waals surface area contributed by atoms with E-state index in [9.17, 15) is 36.4 Å². The van der Waals surface area contributed by atoms with Crippen molar-refractivity contribution in [2.75, 3.05) is 27.4 Å². The minimum absolute atomic E-state index is 0.0957. The third-order valence-electron chi connectivity index (χ3n) is 12.0. The van der Waals surface area contributed by atoms with Crippen LogP contribution in [0.25, 0.3) is 10.8 Å². The highest BCUT2D eigenvalue weighted by atomic mass is 32.2. The van der Waals surface area contributed by atoms with Gasteiger partial charge in [0.15, 0.2) is 0 Å². The number of alkyl halides is 2. The Morgan fingerprint density at radius 1 is 1.04 bits per heavy atom. The summed E-state index contributed by atoms with van der Waals surface area (Å²) in [5.41, 5.74) is -2.97. The Labute approximate surface area is 327 Å². The summed E-state index contributed by atoms with van der Waals surface area (Å²) < 4.78 is 73.4. The molecule has 0 unspecified atom stereocenters. The van der Waals surface area contributed by atoms with Crippen molar-refractivity contribution in [3.63, 3.8) is 0 Å². The molecule has 2 aliphatic heterocycles. The highest BCUT2D eigenvalue weighted by Gasteiger charge is 2.67. The Bertz CT molecular complexity index is 2000. The van der Waals surface area contributed by atoms with Gasteiger partial charge in [-0.1, -0.05) is 46.8 Å². The molecular weight excluding hydrogens is 751 g/mol. The van der Waals surface area contributed by atoms with E-state index >= 15 is 0 Å². The maximum atomic E-state index is 14.8. The summed E-state index contributed by atoms with van der Waals surface area (Å²) in [5, 5.41) is 6.14. The number of fused-ring (bicyclic) bond motifs is 5. The number of aryl methyl sites for hydroxylation is 1. The largest absolute Gasteiger partial charge is 0.496 e. The van der Waals surface area contributed by atoms with Crippen LogP contribution in [-0.2, 0) is 45.9 Å². The fourth-order valence-corrected chi connectivity index (χ4v) is 9.48. The van der Waals surface area contributed by atoms with Crippen molar-refractivity contribution in [1.82, 2.24) is 20.3 Å². The van der Waals surface area contributed by atoms with Gasteiger partial charge in [-0.25, -0.2) is 22.0 Å². The maximum Gasteiger partial charge on any atom is 0.407 e. The SMILES string of the molecule is COc1cc2ccc3cc2cc1CCCC(C)(C)CCOC(=O)N[C@@H](C(C)(C)C)C(=O)N1C[C@@]3(OC)C[C@H]1C(=O)N[C@]1(C(=O)NS(=O)(=O)C2CC2)C[C@H]1C(F)F. The Morgan fingerprint density at radius 2 is 1.75 bits per heavy atom. The quantitative estimate of drug-likeness (QED) is 0.335. The molecule has 1 saturated heterocycles. The number of cyclic esters (lactones) is 1. The average molecular weight is 805 g/mol. The molecule has 6 rings (SSSR count). The zero-order chi connectivity index (χ0) is 41.0. The molecule has 3 fully saturated rings. The van der Waals surface area contributed by atoms with Gasteiger partial charge in [-0.2, -0.15) is 0 Å². The van der Waals surface area contributed by atoms with Crippen molar-refractivity contribution in [2.45, 2.75) is 121 Å². The van der Waals surface area contributed by atoms with Crippen molar-refractivity contribution in [3.05, 3.63) is 41.5 Å². The number of carbonyl (C=O) groups is 4. The highest BCUT2D eigenvalue weighted by molar-refractivity contribution is 7.91. The van der Waals surface area contributed by atoms with E-state index in [0.29, 0.717) is 24.8 Å². The third kappa shape index (κ3) is 8.32. The second kappa shape index (κ2) is 15.0. The van der Waals surface area contributed by atoms with Gasteiger partial charge < -0.3 is 29.7 Å². The molecule has 0 aromatic heterocycles. The van der Waals surface area contributed by atoms with Gasteiger partial charge in [-0.05, 0) is 95.9 Å². The summed E-state index contributed by atoms with van der Waals surface area (Å²) in [6, 6.07) is 7.09. The molecule has 4 amide bonds. The van der Waals surface area contributed by atoms with Gasteiger partial charge in [0.1, 0.15) is 29.0 Å². The van der Waals surface area contributed by atoms with E-state index in [1.807, 2.05) is 29.0 Å². The number of hydrogen-bond acceptors (Lipinski definition) is 9. The number of nitrogens with one attached hydrogen (secondary N) is 3. The number of halogens is 2. The van der Waals surface area contributed by atoms with E-state index in [1.54, 1.807) is 27.9 Å². The van der Waals surface area contributed by atoms with Gasteiger partial charge in [0, 0.05) is 13.5 Å². The van der Waals surface area contributed by atoms with Gasteiger partial charge in [-0.15, -0.1) is 0 Å². The Balaban J connectivity index is 1.42. The summed E-state index contributed by atoms with van der Waals surface area (Å²) in [7, 11) is -1.06. The fourth-order valence-electron chi connectivity index (χ4n) is 8.12. The zero-order valence-corrected chi connectivity index (χ0v) is 33.9. The minimum atomic E-state index is -4.13. The first-order valence-corrected chi connectivity index (χ1v) is 20.8. The molecule has 3 N–H and O–H groups in total. The van der Waals surface area contributed by atoms with E-state index in [4.69, 9.17) is 14.2 Å². The van der Waals surface area contributed by atoms with Crippen LogP contribution in [0.1, 0.15) is 90.7 Å². The molecule has 2 aliphatic carbocycles. The summed E-state index contributed by atoms with van der Waals surface area (Å²) in [5.74, 6) is -3.75. The van der Waals surface area contributed by atoms with Gasteiger partial charge >= 0.3 is 6.09 Å². The molecule has 5 bridgehead atoms. The fraction of sp³-hybridized carbons (Fsp3) is 0.650. The summed E-state index contributed by atoms with van der Waals surface area (Å²) in [6.45, 7) is 9.36. The summed E-state index contributed by atoms with van der Waals surface area (Å²) in [4.78, 5) is 57.3. The normalized spacial score (nSPS) is 28.6. The highest BCUT2D eigenvalue weighted by Crippen LogP contribution is 2.49. The van der Waals surface area contributed by atoms with Crippen molar-refractivity contribution < 1.29 is 50.6 Å². The molecule has 308 valence electrons. The molecule has 4 aliphatic rings. The van der Waals surface area contributed by atoms with E-state index in [0.717, 1.165) is 41.3 Å². The number of rotatable bonds is 8. The van der Waals surface area contributed by atoms with E-state index in [1.165, 1.54) is 12.0 Å². The second-order valence-corrected chi connectivity index (χ2v) is 19.7. The average Bonchev–Trinajstić information content (AvgIpc) is 4.05. The van der Waals surface area contributed by atoms with Crippen LogP contribution < -0.4 is 20.1 Å². The minimum Gasteiger partial charge on any atom is -0.496 e. The van der Waals surface area contributed by atoms with Crippen LogP contribution in [0.15, 0.2) is 30.3 Å². The molecule has 13 nitrogen and oxygen atoms in total. The number of benzene rings is 2. The van der Waals surface area contributed by atoms with E-state index in [-0.39, 0.29) is 25.0 Å². The Kier molecular flexibility index (Phi) is 11.2. The zero-order valence-electron chi connectivity index (χ0n) is 33.1. The molecular formula is C40H54F2N4O9S. The first-order valence-electron chi connectivity index (χ1n) is 19.2. The first-order chi connectivity index (χ1) is 26.1. The predicted octanol–water partition coefficient (Wildman–Crippen LogP) is 4.93. The van der Waals surface area contributed by atoms with Gasteiger partial charge in [0.25, 0.3) is 5.91 Å². The van der Waals surface area contributed by atoms with E-state index in [2.05, 4.69) is 30.5 Å². The lowest BCUT2D eigenvalue weighted by Gasteiger charge is -2.36. The number of hydrogen-bond donors (Lipinski definition) is 3. The van der Waals surface area contributed by atoms with Crippen LogP contribution in [-0.4, -0.2) is 93.8 Å². The van der Waals surface area contributed by atoms with Gasteiger partial charge in [0.05, 0.1) is 31.4 Å². The van der Waals surface area contributed by atoms with Gasteiger partial charge in [0.2, 0.25) is 28.3 Å². The van der Waals surface area contributed by atoms with Crippen molar-refractivity contribution in [3.8, 4) is 5.75 Å². The van der Waals surface area contributed by atoms with E-state index < -0.39 is 86.5 Å². The lowest BCUT2D eigenvalue weighted by molar-refractivity contribution is -0.143. The number of amides is 4. The number of methoxy groups -OCH3 is 2. The maximum absolute atomic E-state index is 14.8. The van der Waals surface area contributed by atoms with Crippen LogP contribution in [0.5, 0.6) is 5.75 Å². The second-order valence-electron chi connectivity index (χ2n) is 17.7.